The zero-order valence-electron chi connectivity index (χ0n) is 11.4. The van der Waals surface area contributed by atoms with E-state index >= 15 is 0 Å². The van der Waals surface area contributed by atoms with Gasteiger partial charge in [-0.05, 0) is 51.5 Å². The average Bonchev–Trinajstić information content (AvgIpc) is 2.24. The normalized spacial score (nSPS) is 19.5. The molecular weight excluding hydrogens is 212 g/mol. The van der Waals surface area contributed by atoms with Gasteiger partial charge in [-0.3, -0.25) is 4.79 Å². The molecule has 0 aromatic heterocycles. The molecule has 3 heteroatoms. The van der Waals surface area contributed by atoms with E-state index in [4.69, 9.17) is 5.73 Å². The lowest BCUT2D eigenvalue weighted by Gasteiger charge is -2.39. The third-order valence-electron chi connectivity index (χ3n) is 3.95. The fourth-order valence-electron chi connectivity index (χ4n) is 2.64. The van der Waals surface area contributed by atoms with Crippen molar-refractivity contribution in [3.63, 3.8) is 0 Å². The molecule has 0 aliphatic heterocycles. The van der Waals surface area contributed by atoms with Gasteiger partial charge in [-0.2, -0.15) is 0 Å². The van der Waals surface area contributed by atoms with E-state index in [1.165, 1.54) is 19.3 Å². The molecule has 0 aromatic rings. The van der Waals surface area contributed by atoms with Crippen LogP contribution in [0.1, 0.15) is 65.2 Å². The van der Waals surface area contributed by atoms with Gasteiger partial charge in [0.25, 0.3) is 0 Å². The van der Waals surface area contributed by atoms with E-state index in [-0.39, 0.29) is 11.4 Å². The molecule has 17 heavy (non-hydrogen) atoms. The summed E-state index contributed by atoms with van der Waals surface area (Å²) in [6.45, 7) is 5.08. The highest BCUT2D eigenvalue weighted by molar-refractivity contribution is 5.76. The monoisotopic (exact) mass is 240 g/mol. The molecule has 1 fully saturated rings. The zero-order valence-corrected chi connectivity index (χ0v) is 11.4. The minimum absolute atomic E-state index is 0.102. The Bertz CT molecular complexity index is 230. The van der Waals surface area contributed by atoms with Crippen molar-refractivity contribution in [1.82, 2.24) is 5.32 Å². The van der Waals surface area contributed by atoms with Gasteiger partial charge in [-0.1, -0.05) is 19.8 Å². The van der Waals surface area contributed by atoms with Crippen LogP contribution >= 0.6 is 0 Å². The largest absolute Gasteiger partial charge is 0.351 e. The van der Waals surface area contributed by atoms with Crippen LogP contribution in [0.25, 0.3) is 0 Å². The third kappa shape index (κ3) is 5.07. The van der Waals surface area contributed by atoms with Crippen LogP contribution in [-0.2, 0) is 4.79 Å². The van der Waals surface area contributed by atoms with Crippen molar-refractivity contribution < 1.29 is 4.79 Å². The first kappa shape index (κ1) is 14.5. The van der Waals surface area contributed by atoms with Crippen LogP contribution < -0.4 is 11.1 Å². The van der Waals surface area contributed by atoms with E-state index in [0.717, 1.165) is 32.2 Å². The van der Waals surface area contributed by atoms with Crippen LogP contribution in [0.4, 0.5) is 0 Å². The molecule has 1 saturated carbocycles. The van der Waals surface area contributed by atoms with Gasteiger partial charge in [0.1, 0.15) is 0 Å². The van der Waals surface area contributed by atoms with Gasteiger partial charge in [-0.25, -0.2) is 0 Å². The predicted octanol–water partition coefficient (Wildman–Crippen LogP) is 2.59. The highest BCUT2D eigenvalue weighted by Crippen LogP contribution is 2.31. The summed E-state index contributed by atoms with van der Waals surface area (Å²) in [4.78, 5) is 11.8. The molecule has 1 atom stereocenters. The maximum Gasteiger partial charge on any atom is 0.220 e. The number of carbonyl (C=O) groups excluding carboxylic acids is 1. The summed E-state index contributed by atoms with van der Waals surface area (Å²) in [7, 11) is 0. The Morgan fingerprint density at radius 1 is 1.35 bits per heavy atom. The second-order valence-electron chi connectivity index (χ2n) is 5.73. The molecule has 1 rings (SSSR count). The maximum atomic E-state index is 11.8. The second-order valence-corrected chi connectivity index (χ2v) is 5.73. The lowest BCUT2D eigenvalue weighted by atomic mass is 9.78. The number of nitrogens with two attached hydrogens (primary N) is 1. The van der Waals surface area contributed by atoms with Crippen LogP contribution in [0, 0.1) is 5.92 Å². The molecule has 1 unspecified atom stereocenters. The highest BCUT2D eigenvalue weighted by atomic mass is 16.1. The van der Waals surface area contributed by atoms with E-state index in [1.807, 2.05) is 0 Å². The topological polar surface area (TPSA) is 55.1 Å². The summed E-state index contributed by atoms with van der Waals surface area (Å²) in [5.74, 6) is 0.857. The summed E-state index contributed by atoms with van der Waals surface area (Å²) in [6.07, 6.45) is 8.62. The smallest absolute Gasteiger partial charge is 0.220 e. The lowest BCUT2D eigenvalue weighted by molar-refractivity contribution is -0.124. The van der Waals surface area contributed by atoms with Gasteiger partial charge < -0.3 is 11.1 Å². The van der Waals surface area contributed by atoms with E-state index in [9.17, 15) is 4.79 Å². The Kier molecular flexibility index (Phi) is 5.96. The van der Waals surface area contributed by atoms with Crippen LogP contribution in [0.15, 0.2) is 0 Å². The van der Waals surface area contributed by atoms with E-state index in [2.05, 4.69) is 19.2 Å². The van der Waals surface area contributed by atoms with Gasteiger partial charge in [0.05, 0.1) is 0 Å². The molecular formula is C14H28N2O. The minimum atomic E-state index is 0.102. The second kappa shape index (κ2) is 7.00. The van der Waals surface area contributed by atoms with Gasteiger partial charge in [-0.15, -0.1) is 0 Å². The Morgan fingerprint density at radius 2 is 2.06 bits per heavy atom. The maximum absolute atomic E-state index is 11.8. The van der Waals surface area contributed by atoms with E-state index in [1.54, 1.807) is 0 Å². The van der Waals surface area contributed by atoms with Crippen molar-refractivity contribution in [2.24, 2.45) is 11.7 Å². The molecule has 0 saturated heterocycles. The fraction of sp³-hybridized carbons (Fsp3) is 0.929. The molecule has 3 nitrogen and oxygen atoms in total. The number of carbonyl (C=O) groups is 1. The number of hydrogen-bond donors (Lipinski definition) is 2. The van der Waals surface area contributed by atoms with Crippen molar-refractivity contribution in [1.29, 1.82) is 0 Å². The molecule has 1 aliphatic carbocycles. The van der Waals surface area contributed by atoms with Gasteiger partial charge in [0.15, 0.2) is 0 Å². The van der Waals surface area contributed by atoms with E-state index in [0.29, 0.717) is 12.3 Å². The van der Waals surface area contributed by atoms with Gasteiger partial charge in [0.2, 0.25) is 5.91 Å². The fourth-order valence-corrected chi connectivity index (χ4v) is 2.64. The summed E-state index contributed by atoms with van der Waals surface area (Å²) in [5, 5.41) is 3.16. The summed E-state index contributed by atoms with van der Waals surface area (Å²) >= 11 is 0. The predicted molar refractivity (Wildman–Crippen MR) is 71.7 cm³/mol. The minimum Gasteiger partial charge on any atom is -0.351 e. The van der Waals surface area contributed by atoms with Gasteiger partial charge >= 0.3 is 0 Å². The highest BCUT2D eigenvalue weighted by Gasteiger charge is 2.32. The molecule has 3 N–H and O–H groups in total. The zero-order chi connectivity index (χ0) is 12.7. The summed E-state index contributed by atoms with van der Waals surface area (Å²) < 4.78 is 0. The van der Waals surface area contributed by atoms with Crippen LogP contribution in [0.2, 0.25) is 0 Å². The lowest BCUT2D eigenvalue weighted by Crippen LogP contribution is -2.50. The molecule has 0 aromatic carbocycles. The number of amides is 1. The van der Waals surface area contributed by atoms with Crippen molar-refractivity contribution in [2.75, 3.05) is 6.54 Å². The Hall–Kier alpha value is -0.570. The van der Waals surface area contributed by atoms with E-state index < -0.39 is 0 Å². The SMILES string of the molecule is CCCC(CCN)CCC(=O)NC1(C)CCC1. The Labute approximate surface area is 106 Å². The molecule has 0 radical (unpaired) electrons. The van der Waals surface area contributed by atoms with Crippen LogP contribution in [0.5, 0.6) is 0 Å². The molecule has 100 valence electrons. The standard InChI is InChI=1S/C14H28N2O/c1-3-5-12(8-11-15)6-7-13(17)16-14(2)9-4-10-14/h12H,3-11,15H2,1-2H3,(H,16,17). The molecule has 1 aliphatic rings. The number of rotatable bonds is 8. The summed E-state index contributed by atoms with van der Waals surface area (Å²) in [5.41, 5.74) is 5.70. The summed E-state index contributed by atoms with van der Waals surface area (Å²) in [6, 6.07) is 0. The molecule has 0 bridgehead atoms. The Balaban J connectivity index is 2.20. The van der Waals surface area contributed by atoms with Crippen molar-refractivity contribution >= 4 is 5.91 Å². The first-order chi connectivity index (χ1) is 8.09. The van der Waals surface area contributed by atoms with Crippen LogP contribution in [0.3, 0.4) is 0 Å². The first-order valence-electron chi connectivity index (χ1n) is 7.10. The number of nitrogens with one attached hydrogen (secondary N) is 1. The van der Waals surface area contributed by atoms with Crippen molar-refractivity contribution in [3.8, 4) is 0 Å². The third-order valence-corrected chi connectivity index (χ3v) is 3.95. The Morgan fingerprint density at radius 3 is 2.53 bits per heavy atom. The van der Waals surface area contributed by atoms with Gasteiger partial charge in [0, 0.05) is 12.0 Å². The average molecular weight is 240 g/mol. The quantitative estimate of drug-likeness (QED) is 0.685. The molecule has 0 heterocycles. The first-order valence-corrected chi connectivity index (χ1v) is 7.10. The number of hydrogen-bond acceptors (Lipinski definition) is 2. The molecule has 1 amide bonds. The van der Waals surface area contributed by atoms with Crippen LogP contribution in [-0.4, -0.2) is 18.0 Å². The molecule has 0 spiro atoms. The van der Waals surface area contributed by atoms with Crippen molar-refractivity contribution in [3.05, 3.63) is 0 Å². The van der Waals surface area contributed by atoms with Crippen molar-refractivity contribution in [2.45, 2.75) is 70.8 Å².